The first-order valence-corrected chi connectivity index (χ1v) is 6.75. The van der Waals surface area contributed by atoms with Gasteiger partial charge in [0.1, 0.15) is 5.75 Å². The first-order valence-electron chi connectivity index (χ1n) is 6.75. The van der Waals surface area contributed by atoms with Crippen molar-refractivity contribution < 1.29 is 14.1 Å². The highest BCUT2D eigenvalue weighted by atomic mass is 16.5. The molecule has 1 heterocycles. The quantitative estimate of drug-likeness (QED) is 0.856. The van der Waals surface area contributed by atoms with E-state index in [0.717, 1.165) is 23.3 Å². The molecule has 3 rings (SSSR count). The summed E-state index contributed by atoms with van der Waals surface area (Å²) in [4.78, 5) is 15.9. The van der Waals surface area contributed by atoms with Gasteiger partial charge in [0.2, 0.25) is 0 Å². The average molecular weight is 272 g/mol. The molecule has 0 N–H and O–H groups in total. The standard InChI is InChI=1S/C15H16N2O3/c1-9(2)15-16-14(20-17-15)8-19-13-5-3-4-10-11(13)6-7-12(10)18/h3-5,9H,6-8H2,1-2H3. The summed E-state index contributed by atoms with van der Waals surface area (Å²) in [5, 5.41) is 3.89. The Hall–Kier alpha value is -2.17. The van der Waals surface area contributed by atoms with E-state index in [2.05, 4.69) is 10.1 Å². The van der Waals surface area contributed by atoms with Crippen LogP contribution in [0.15, 0.2) is 22.7 Å². The maximum absolute atomic E-state index is 11.7. The molecule has 5 nitrogen and oxygen atoms in total. The maximum Gasteiger partial charge on any atom is 0.264 e. The molecule has 0 aliphatic heterocycles. The Morgan fingerprint density at radius 3 is 2.95 bits per heavy atom. The Morgan fingerprint density at radius 1 is 1.35 bits per heavy atom. The molecule has 0 radical (unpaired) electrons. The summed E-state index contributed by atoms with van der Waals surface area (Å²) in [6, 6.07) is 5.56. The molecule has 0 saturated heterocycles. The number of nitrogens with zero attached hydrogens (tertiary/aromatic N) is 2. The lowest BCUT2D eigenvalue weighted by Crippen LogP contribution is -2.00. The highest BCUT2D eigenvalue weighted by Gasteiger charge is 2.22. The lowest BCUT2D eigenvalue weighted by molar-refractivity contribution is 0.0994. The average Bonchev–Trinajstić information content (AvgIpc) is 3.04. The number of hydrogen-bond donors (Lipinski definition) is 0. The normalized spacial score (nSPS) is 13.8. The van der Waals surface area contributed by atoms with Gasteiger partial charge in [-0.3, -0.25) is 4.79 Å². The highest BCUT2D eigenvalue weighted by molar-refractivity contribution is 6.01. The highest BCUT2D eigenvalue weighted by Crippen LogP contribution is 2.30. The van der Waals surface area contributed by atoms with Crippen molar-refractivity contribution in [3.63, 3.8) is 0 Å². The number of fused-ring (bicyclic) bond motifs is 1. The minimum atomic E-state index is 0.185. The second kappa shape index (κ2) is 5.07. The molecule has 0 amide bonds. The van der Waals surface area contributed by atoms with Crippen LogP contribution < -0.4 is 4.74 Å². The van der Waals surface area contributed by atoms with Gasteiger partial charge in [-0.2, -0.15) is 4.98 Å². The Kier molecular flexibility index (Phi) is 3.26. The predicted octanol–water partition coefficient (Wildman–Crippen LogP) is 2.90. The number of carbonyl (C=O) groups is 1. The third-order valence-electron chi connectivity index (χ3n) is 3.39. The van der Waals surface area contributed by atoms with Gasteiger partial charge in [0.25, 0.3) is 5.89 Å². The summed E-state index contributed by atoms with van der Waals surface area (Å²) in [7, 11) is 0. The molecule has 2 aromatic rings. The zero-order valence-electron chi connectivity index (χ0n) is 11.5. The molecule has 1 aromatic heterocycles. The molecule has 0 fully saturated rings. The van der Waals surface area contributed by atoms with E-state index in [1.54, 1.807) is 0 Å². The van der Waals surface area contributed by atoms with Gasteiger partial charge in [0, 0.05) is 23.5 Å². The smallest absolute Gasteiger partial charge is 0.264 e. The number of ketones is 1. The summed E-state index contributed by atoms with van der Waals surface area (Å²) in [6.07, 6.45) is 1.30. The van der Waals surface area contributed by atoms with Crippen LogP contribution in [0.3, 0.4) is 0 Å². The number of aromatic nitrogens is 2. The van der Waals surface area contributed by atoms with Gasteiger partial charge in [-0.15, -0.1) is 0 Å². The van der Waals surface area contributed by atoms with Gasteiger partial charge in [0.15, 0.2) is 18.2 Å². The minimum Gasteiger partial charge on any atom is -0.483 e. The van der Waals surface area contributed by atoms with Crippen LogP contribution in [0, 0.1) is 0 Å². The Labute approximate surface area is 116 Å². The van der Waals surface area contributed by atoms with E-state index in [1.165, 1.54) is 0 Å². The topological polar surface area (TPSA) is 65.2 Å². The van der Waals surface area contributed by atoms with E-state index >= 15 is 0 Å². The molecule has 20 heavy (non-hydrogen) atoms. The van der Waals surface area contributed by atoms with Gasteiger partial charge in [-0.1, -0.05) is 31.1 Å². The summed E-state index contributed by atoms with van der Waals surface area (Å²) in [5.41, 5.74) is 1.76. The van der Waals surface area contributed by atoms with Crippen LogP contribution in [0.2, 0.25) is 0 Å². The van der Waals surface area contributed by atoms with Crippen molar-refractivity contribution in [1.29, 1.82) is 0 Å². The lowest BCUT2D eigenvalue weighted by atomic mass is 10.1. The molecule has 1 aliphatic carbocycles. The van der Waals surface area contributed by atoms with Crippen molar-refractivity contribution >= 4 is 5.78 Å². The molecular formula is C15H16N2O3. The van der Waals surface area contributed by atoms with Crippen LogP contribution in [-0.2, 0) is 13.0 Å². The monoisotopic (exact) mass is 272 g/mol. The second-order valence-corrected chi connectivity index (χ2v) is 5.20. The molecule has 0 saturated carbocycles. The molecule has 0 atom stereocenters. The summed E-state index contributed by atoms with van der Waals surface area (Å²) in [6.45, 7) is 4.24. The number of carbonyl (C=O) groups excluding carboxylic acids is 1. The van der Waals surface area contributed by atoms with E-state index < -0.39 is 0 Å². The molecule has 5 heteroatoms. The third kappa shape index (κ3) is 2.31. The molecule has 0 bridgehead atoms. The summed E-state index contributed by atoms with van der Waals surface area (Å²) >= 11 is 0. The zero-order valence-corrected chi connectivity index (χ0v) is 11.5. The maximum atomic E-state index is 11.7. The van der Waals surface area contributed by atoms with Crippen molar-refractivity contribution in [3.8, 4) is 5.75 Å². The van der Waals surface area contributed by atoms with E-state index in [0.29, 0.717) is 18.1 Å². The number of Topliss-reactive ketones (excluding diaryl/α,β-unsaturated/α-hetero) is 1. The summed E-state index contributed by atoms with van der Waals surface area (Å²) in [5.74, 6) is 2.28. The number of rotatable bonds is 4. The Balaban J connectivity index is 1.74. The Bertz CT molecular complexity index is 646. The number of benzene rings is 1. The van der Waals surface area contributed by atoms with Crippen LogP contribution in [0.1, 0.15) is 53.8 Å². The van der Waals surface area contributed by atoms with Gasteiger partial charge >= 0.3 is 0 Å². The van der Waals surface area contributed by atoms with Gasteiger partial charge in [-0.05, 0) is 12.5 Å². The van der Waals surface area contributed by atoms with E-state index in [9.17, 15) is 4.79 Å². The van der Waals surface area contributed by atoms with Gasteiger partial charge in [0.05, 0.1) is 0 Å². The largest absolute Gasteiger partial charge is 0.483 e. The van der Waals surface area contributed by atoms with Crippen molar-refractivity contribution in [2.24, 2.45) is 0 Å². The van der Waals surface area contributed by atoms with Crippen molar-refractivity contribution in [3.05, 3.63) is 41.0 Å². The number of ether oxygens (including phenoxy) is 1. The van der Waals surface area contributed by atoms with Crippen molar-refractivity contribution in [2.75, 3.05) is 0 Å². The van der Waals surface area contributed by atoms with Crippen molar-refractivity contribution in [1.82, 2.24) is 10.1 Å². The Morgan fingerprint density at radius 2 is 2.20 bits per heavy atom. The first-order chi connectivity index (χ1) is 9.65. The van der Waals surface area contributed by atoms with Gasteiger partial charge in [-0.25, -0.2) is 0 Å². The van der Waals surface area contributed by atoms with Crippen LogP contribution >= 0.6 is 0 Å². The van der Waals surface area contributed by atoms with Crippen LogP contribution in [0.5, 0.6) is 5.75 Å². The molecule has 0 spiro atoms. The summed E-state index contributed by atoms with van der Waals surface area (Å²) < 4.78 is 10.9. The number of hydrogen-bond acceptors (Lipinski definition) is 5. The minimum absolute atomic E-state index is 0.185. The zero-order chi connectivity index (χ0) is 14.1. The van der Waals surface area contributed by atoms with Gasteiger partial charge < -0.3 is 9.26 Å². The predicted molar refractivity (Wildman–Crippen MR) is 71.8 cm³/mol. The fourth-order valence-corrected chi connectivity index (χ4v) is 2.29. The third-order valence-corrected chi connectivity index (χ3v) is 3.39. The fourth-order valence-electron chi connectivity index (χ4n) is 2.29. The van der Waals surface area contributed by atoms with E-state index in [4.69, 9.17) is 9.26 Å². The first kappa shape index (κ1) is 12.8. The lowest BCUT2D eigenvalue weighted by Gasteiger charge is -2.07. The molecular weight excluding hydrogens is 256 g/mol. The fraction of sp³-hybridized carbons (Fsp3) is 0.400. The van der Waals surface area contributed by atoms with Crippen LogP contribution in [-0.4, -0.2) is 15.9 Å². The molecule has 104 valence electrons. The van der Waals surface area contributed by atoms with E-state index in [-0.39, 0.29) is 18.3 Å². The van der Waals surface area contributed by atoms with Crippen molar-refractivity contribution in [2.45, 2.75) is 39.2 Å². The van der Waals surface area contributed by atoms with E-state index in [1.807, 2.05) is 32.0 Å². The SMILES string of the molecule is CC(C)c1noc(COc2cccc3c2CCC3=O)n1. The van der Waals surface area contributed by atoms with Crippen LogP contribution in [0.4, 0.5) is 0 Å². The van der Waals surface area contributed by atoms with Crippen LogP contribution in [0.25, 0.3) is 0 Å². The molecule has 1 aromatic carbocycles. The molecule has 1 aliphatic rings. The second-order valence-electron chi connectivity index (χ2n) is 5.20. The molecule has 0 unspecified atom stereocenters.